The Hall–Kier alpha value is -4.48. The summed E-state index contributed by atoms with van der Waals surface area (Å²) in [5.41, 5.74) is 2.45. The molecule has 2 atom stereocenters. The number of amides is 2. The monoisotopic (exact) mass is 768 g/mol. The summed E-state index contributed by atoms with van der Waals surface area (Å²) in [6, 6.07) is 14.6. The first-order chi connectivity index (χ1) is 25.1. The Morgan fingerprint density at radius 1 is 0.943 bits per heavy atom. The molecule has 16 heteroatoms. The van der Waals surface area contributed by atoms with E-state index in [9.17, 15) is 35.8 Å². The van der Waals surface area contributed by atoms with Gasteiger partial charge in [-0.15, -0.1) is 5.06 Å². The predicted octanol–water partition coefficient (Wildman–Crippen LogP) is 5.27. The summed E-state index contributed by atoms with van der Waals surface area (Å²) in [6.07, 6.45) is 1.78. The van der Waals surface area contributed by atoms with E-state index in [2.05, 4.69) is 10.0 Å². The van der Waals surface area contributed by atoms with Gasteiger partial charge in [-0.05, 0) is 75.5 Å². The number of benzene rings is 3. The second-order valence-electron chi connectivity index (χ2n) is 13.0. The number of unbranched alkanes of at least 4 members (excludes halogenated alkanes) is 2. The molecule has 2 aromatic carbocycles. The lowest BCUT2D eigenvalue weighted by molar-refractivity contribution is -0.197. The second kappa shape index (κ2) is 16.7. The summed E-state index contributed by atoms with van der Waals surface area (Å²) >= 11 is 0. The maximum absolute atomic E-state index is 13.3. The van der Waals surface area contributed by atoms with Gasteiger partial charge < -0.3 is 14.6 Å². The normalized spacial score (nSPS) is 15.4. The number of nitrogens with zero attached hydrogens (tertiary/aromatic N) is 2. The molecule has 5 rings (SSSR count). The van der Waals surface area contributed by atoms with Gasteiger partial charge in [-0.1, -0.05) is 38.5 Å². The topological polar surface area (TPSA) is 202 Å². The molecule has 1 fully saturated rings. The highest BCUT2D eigenvalue weighted by Crippen LogP contribution is 2.43. The van der Waals surface area contributed by atoms with Crippen LogP contribution in [0.25, 0.3) is 33.4 Å². The van der Waals surface area contributed by atoms with E-state index in [4.69, 9.17) is 14.2 Å². The van der Waals surface area contributed by atoms with Crippen LogP contribution in [0.2, 0.25) is 0 Å². The fourth-order valence-electron chi connectivity index (χ4n) is 6.06. The summed E-state index contributed by atoms with van der Waals surface area (Å²) < 4.78 is 71.9. The van der Waals surface area contributed by atoms with Gasteiger partial charge in [0.2, 0.25) is 10.0 Å². The number of hydroxylamine groups is 2. The molecule has 0 bridgehead atoms. The van der Waals surface area contributed by atoms with Crippen molar-refractivity contribution in [2.45, 2.75) is 94.5 Å². The zero-order valence-electron chi connectivity index (χ0n) is 30.0. The van der Waals surface area contributed by atoms with Crippen molar-refractivity contribution in [1.29, 1.82) is 0 Å². The van der Waals surface area contributed by atoms with Crippen molar-refractivity contribution in [3.8, 4) is 22.5 Å². The highest BCUT2D eigenvalue weighted by atomic mass is 32.2. The molecule has 2 aliphatic heterocycles. The maximum atomic E-state index is 13.3. The molecule has 1 aliphatic carbocycles. The van der Waals surface area contributed by atoms with Gasteiger partial charge in [0.1, 0.15) is 16.2 Å². The van der Waals surface area contributed by atoms with Crippen LogP contribution >= 0.6 is 0 Å². The number of sulfonamides is 1. The molecule has 2 amide bonds. The molecule has 2 heterocycles. The molecule has 0 spiro atoms. The fourth-order valence-corrected chi connectivity index (χ4v) is 7.96. The molecule has 0 aromatic heterocycles. The Morgan fingerprint density at radius 3 is 2.34 bits per heavy atom. The third kappa shape index (κ3) is 9.37. The van der Waals surface area contributed by atoms with Crippen molar-refractivity contribution >= 4 is 48.9 Å². The third-order valence-corrected chi connectivity index (χ3v) is 11.4. The number of carbonyl (C=O) groups is 3. The van der Waals surface area contributed by atoms with Gasteiger partial charge in [0.05, 0.1) is 10.3 Å². The third-order valence-electron chi connectivity index (χ3n) is 9.06. The van der Waals surface area contributed by atoms with Crippen molar-refractivity contribution in [2.75, 3.05) is 13.1 Å². The molecule has 284 valence electrons. The Labute approximate surface area is 308 Å². The highest BCUT2D eigenvalue weighted by molar-refractivity contribution is 7.89. The van der Waals surface area contributed by atoms with Crippen molar-refractivity contribution in [3.05, 3.63) is 65.5 Å². The summed E-state index contributed by atoms with van der Waals surface area (Å²) in [4.78, 5) is 43.9. The second-order valence-corrected chi connectivity index (χ2v) is 16.1. The number of imide groups is 1. The standard InChI is InChI=1S/C37H44N4O10S2/c1-5-23(3)40-26-12-15-29-32(21-26)50-31-20-25(24(4)38-6-2)11-14-28(31)37(29)30-16-13-27(22-33(30)53(47,48)49)52(45,46)39-19-9-7-8-10-36(44)51-41-34(42)17-18-35(41)43/h11-16,20-24,38-39H,5-10,17-19H2,1-4H3,(H,47,48,49)/b40-26+. The van der Waals surface area contributed by atoms with Crippen molar-refractivity contribution in [3.63, 3.8) is 0 Å². The summed E-state index contributed by atoms with van der Waals surface area (Å²) in [5, 5.41) is 5.07. The van der Waals surface area contributed by atoms with Crippen LogP contribution in [0.1, 0.15) is 84.2 Å². The van der Waals surface area contributed by atoms with Crippen molar-refractivity contribution < 1.29 is 45.0 Å². The SMILES string of the molecule is CCNC(C)c1ccc2c(-c3ccc(S(=O)(=O)NCCCCCC(=O)ON4C(=O)CCC4=O)cc3S(=O)(=O)O)c3cc/c(=N\C(C)CC)cc-3oc2c1. The number of hydrogen-bond donors (Lipinski definition) is 3. The van der Waals surface area contributed by atoms with E-state index in [1.165, 1.54) is 12.1 Å². The first kappa shape index (κ1) is 39.7. The molecule has 2 unspecified atom stereocenters. The molecule has 53 heavy (non-hydrogen) atoms. The largest absolute Gasteiger partial charge is 0.456 e. The predicted molar refractivity (Wildman–Crippen MR) is 196 cm³/mol. The van der Waals surface area contributed by atoms with Gasteiger partial charge >= 0.3 is 5.97 Å². The zero-order chi connectivity index (χ0) is 38.5. The van der Waals surface area contributed by atoms with E-state index < -0.39 is 42.8 Å². The molecule has 3 N–H and O–H groups in total. The fraction of sp³-hybridized carbons (Fsp3) is 0.405. The Bertz CT molecular complexity index is 2270. The van der Waals surface area contributed by atoms with Crippen molar-refractivity contribution in [2.24, 2.45) is 4.99 Å². The molecule has 1 saturated heterocycles. The minimum Gasteiger partial charge on any atom is -0.456 e. The van der Waals surface area contributed by atoms with Gasteiger partial charge in [-0.25, -0.2) is 17.9 Å². The average molecular weight is 769 g/mol. The zero-order valence-corrected chi connectivity index (χ0v) is 31.7. The highest BCUT2D eigenvalue weighted by Gasteiger charge is 2.33. The van der Waals surface area contributed by atoms with Crippen molar-refractivity contribution in [1.82, 2.24) is 15.1 Å². The number of hydrogen-bond acceptors (Lipinski definition) is 11. The maximum Gasteiger partial charge on any atom is 0.333 e. The van der Waals surface area contributed by atoms with Gasteiger partial charge in [-0.2, -0.15) is 8.42 Å². The molecule has 0 radical (unpaired) electrons. The Kier molecular flexibility index (Phi) is 12.5. The first-order valence-corrected chi connectivity index (χ1v) is 20.5. The van der Waals surface area contributed by atoms with E-state index in [-0.39, 0.29) is 48.3 Å². The minimum atomic E-state index is -4.96. The molecule has 0 saturated carbocycles. The lowest BCUT2D eigenvalue weighted by atomic mass is 9.92. The molecular weight excluding hydrogens is 725 g/mol. The smallest absolute Gasteiger partial charge is 0.333 e. The van der Waals surface area contributed by atoms with Gasteiger partial charge in [0.15, 0.2) is 0 Å². The number of rotatable bonds is 16. The van der Waals surface area contributed by atoms with Crippen LogP contribution in [0.3, 0.4) is 0 Å². The lowest BCUT2D eigenvalue weighted by Gasteiger charge is -2.19. The Balaban J connectivity index is 1.43. The van der Waals surface area contributed by atoms with Crippen LogP contribution in [-0.4, -0.2) is 63.4 Å². The van der Waals surface area contributed by atoms with Gasteiger partial charge in [-0.3, -0.25) is 19.1 Å². The molecule has 2 aromatic rings. The van der Waals surface area contributed by atoms with Crippen LogP contribution < -0.4 is 15.4 Å². The van der Waals surface area contributed by atoms with Crippen LogP contribution in [0.5, 0.6) is 0 Å². The summed E-state index contributed by atoms with van der Waals surface area (Å²) in [5.74, 6) is -1.47. The number of nitrogens with one attached hydrogen (secondary N) is 2. The Morgan fingerprint density at radius 2 is 1.66 bits per heavy atom. The van der Waals surface area contributed by atoms with E-state index in [1.807, 2.05) is 45.9 Å². The van der Waals surface area contributed by atoms with Gasteiger partial charge in [0.25, 0.3) is 21.9 Å². The number of fused-ring (bicyclic) bond motifs is 2. The molecule has 3 aliphatic rings. The minimum absolute atomic E-state index is 0.00830. The average Bonchev–Trinajstić information content (AvgIpc) is 3.43. The van der Waals surface area contributed by atoms with E-state index in [1.54, 1.807) is 18.2 Å². The van der Waals surface area contributed by atoms with Crippen LogP contribution in [-0.2, 0) is 39.4 Å². The van der Waals surface area contributed by atoms with E-state index >= 15 is 0 Å². The van der Waals surface area contributed by atoms with Crippen LogP contribution in [0.15, 0.2) is 73.8 Å². The molecule has 14 nitrogen and oxygen atoms in total. The van der Waals surface area contributed by atoms with E-state index in [0.717, 1.165) is 24.6 Å². The van der Waals surface area contributed by atoms with Crippen LogP contribution in [0.4, 0.5) is 0 Å². The van der Waals surface area contributed by atoms with E-state index in [0.29, 0.717) is 57.5 Å². The quantitative estimate of drug-likeness (QED) is 0.0581. The molecular formula is C37H44N4O10S2. The summed E-state index contributed by atoms with van der Waals surface area (Å²) in [6.45, 7) is 8.75. The van der Waals surface area contributed by atoms with Crippen LogP contribution in [0, 0.1) is 0 Å². The summed E-state index contributed by atoms with van der Waals surface area (Å²) in [7, 11) is -9.19. The van der Waals surface area contributed by atoms with Gasteiger partial charge in [0, 0.05) is 66.0 Å². The lowest BCUT2D eigenvalue weighted by Crippen LogP contribution is -2.31. The first-order valence-electron chi connectivity index (χ1n) is 17.6. The number of carbonyl (C=O) groups excluding carboxylic acids is 3.